The van der Waals surface area contributed by atoms with Crippen LogP contribution in [0.25, 0.3) is 0 Å². The molecule has 0 saturated heterocycles. The highest BCUT2D eigenvalue weighted by Gasteiger charge is 2.58. The van der Waals surface area contributed by atoms with Crippen molar-refractivity contribution in [1.29, 1.82) is 0 Å². The van der Waals surface area contributed by atoms with Gasteiger partial charge >= 0.3 is 11.9 Å². The van der Waals surface area contributed by atoms with Crippen LogP contribution < -0.4 is 0 Å². The van der Waals surface area contributed by atoms with Crippen molar-refractivity contribution in [3.05, 3.63) is 0 Å². The molecule has 0 bridgehead atoms. The summed E-state index contributed by atoms with van der Waals surface area (Å²) in [4.78, 5) is 21.1. The molecule has 0 radical (unpaired) electrons. The lowest BCUT2D eigenvalue weighted by Crippen LogP contribution is -2.05. The van der Waals surface area contributed by atoms with Gasteiger partial charge in [0.15, 0.2) is 0 Å². The maximum atomic E-state index is 10.6. The molecule has 2 atom stereocenters. The Morgan fingerprint density at radius 3 is 2.36 bits per heavy atom. The second-order valence-electron chi connectivity index (χ2n) is 4.43. The van der Waals surface area contributed by atoms with E-state index in [0.717, 1.165) is 0 Å². The number of hydrogen-bond donors (Lipinski definition) is 1. The van der Waals surface area contributed by atoms with E-state index in [1.54, 1.807) is 0 Å². The Kier molecular flexibility index (Phi) is 2.83. The van der Waals surface area contributed by atoms with Gasteiger partial charge in [-0.2, -0.15) is 0 Å². The van der Waals surface area contributed by atoms with E-state index in [1.165, 1.54) is 6.92 Å². The molecule has 1 rings (SSSR count). The first-order chi connectivity index (χ1) is 6.35. The molecule has 14 heavy (non-hydrogen) atoms. The van der Waals surface area contributed by atoms with Gasteiger partial charge in [0.2, 0.25) is 0 Å². The summed E-state index contributed by atoms with van der Waals surface area (Å²) in [5.41, 5.74) is -0.00611. The van der Waals surface area contributed by atoms with Crippen LogP contribution in [-0.4, -0.2) is 23.7 Å². The Hall–Kier alpha value is -1.06. The van der Waals surface area contributed by atoms with E-state index in [-0.39, 0.29) is 29.6 Å². The van der Waals surface area contributed by atoms with Gasteiger partial charge in [-0.1, -0.05) is 13.8 Å². The van der Waals surface area contributed by atoms with E-state index in [0.29, 0.717) is 6.61 Å². The number of carbonyl (C=O) groups excluding carboxylic acids is 1. The Balaban J connectivity index is 2.40. The monoisotopic (exact) mass is 200 g/mol. The summed E-state index contributed by atoms with van der Waals surface area (Å²) in [7, 11) is 0. The minimum Gasteiger partial charge on any atom is -0.481 e. The van der Waals surface area contributed by atoms with Crippen LogP contribution in [0.15, 0.2) is 0 Å². The molecule has 0 aromatic heterocycles. The summed E-state index contributed by atoms with van der Waals surface area (Å²) in [6.45, 7) is 5.73. The fourth-order valence-electron chi connectivity index (χ4n) is 1.99. The van der Waals surface area contributed by atoms with Gasteiger partial charge in [-0.15, -0.1) is 0 Å². The summed E-state index contributed by atoms with van der Waals surface area (Å²) in [5, 5.41) is 8.64. The molecule has 0 aromatic rings. The van der Waals surface area contributed by atoms with Gasteiger partial charge in [0.05, 0.1) is 6.61 Å². The van der Waals surface area contributed by atoms with Crippen LogP contribution in [0.5, 0.6) is 0 Å². The molecule has 2 unspecified atom stereocenters. The second kappa shape index (κ2) is 3.59. The molecule has 0 heterocycles. The van der Waals surface area contributed by atoms with Gasteiger partial charge < -0.3 is 9.84 Å². The number of ether oxygens (including phenoxy) is 1. The van der Waals surface area contributed by atoms with Gasteiger partial charge in [0, 0.05) is 19.3 Å². The average Bonchev–Trinajstić information content (AvgIpc) is 2.48. The van der Waals surface area contributed by atoms with E-state index >= 15 is 0 Å². The summed E-state index contributed by atoms with van der Waals surface area (Å²) in [5.74, 6) is -0.753. The fourth-order valence-corrected chi connectivity index (χ4v) is 1.99. The molecule has 0 amide bonds. The predicted molar refractivity (Wildman–Crippen MR) is 49.6 cm³/mol. The van der Waals surface area contributed by atoms with Gasteiger partial charge in [0.1, 0.15) is 0 Å². The molecule has 1 aliphatic carbocycles. The third kappa shape index (κ3) is 2.25. The number of aliphatic carboxylic acids is 1. The van der Waals surface area contributed by atoms with E-state index in [1.807, 2.05) is 13.8 Å². The maximum absolute atomic E-state index is 10.6. The minimum atomic E-state index is -0.784. The van der Waals surface area contributed by atoms with Crippen LogP contribution >= 0.6 is 0 Å². The van der Waals surface area contributed by atoms with Crippen LogP contribution in [0.2, 0.25) is 0 Å². The molecule has 1 aliphatic rings. The van der Waals surface area contributed by atoms with Crippen molar-refractivity contribution in [3.63, 3.8) is 0 Å². The van der Waals surface area contributed by atoms with Crippen LogP contribution in [0.1, 0.15) is 27.2 Å². The largest absolute Gasteiger partial charge is 0.481 e. The molecule has 1 N–H and O–H groups in total. The number of esters is 1. The lowest BCUT2D eigenvalue weighted by Gasteiger charge is -2.02. The molecule has 4 heteroatoms. The Morgan fingerprint density at radius 2 is 1.93 bits per heavy atom. The van der Waals surface area contributed by atoms with Gasteiger partial charge in [-0.3, -0.25) is 9.59 Å². The maximum Gasteiger partial charge on any atom is 0.303 e. The SMILES string of the molecule is CC(=O)OCC1C(CC(=O)O)C1(C)C. The molecule has 1 fully saturated rings. The first-order valence-electron chi connectivity index (χ1n) is 4.71. The zero-order chi connectivity index (χ0) is 10.9. The van der Waals surface area contributed by atoms with Gasteiger partial charge in [-0.05, 0) is 11.3 Å². The molecule has 0 aromatic carbocycles. The van der Waals surface area contributed by atoms with Crippen LogP contribution in [0.4, 0.5) is 0 Å². The Bertz CT molecular complexity index is 257. The average molecular weight is 200 g/mol. The van der Waals surface area contributed by atoms with Crippen molar-refractivity contribution in [2.75, 3.05) is 6.61 Å². The number of hydrogen-bond acceptors (Lipinski definition) is 3. The van der Waals surface area contributed by atoms with Crippen LogP contribution in [0.3, 0.4) is 0 Å². The van der Waals surface area contributed by atoms with E-state index < -0.39 is 5.97 Å². The van der Waals surface area contributed by atoms with Gasteiger partial charge in [0.25, 0.3) is 0 Å². The summed E-state index contributed by atoms with van der Waals surface area (Å²) >= 11 is 0. The normalized spacial score (nSPS) is 28.2. The second-order valence-corrected chi connectivity index (χ2v) is 4.43. The molecule has 80 valence electrons. The third-order valence-electron chi connectivity index (χ3n) is 3.15. The summed E-state index contributed by atoms with van der Waals surface area (Å²) < 4.78 is 4.88. The zero-order valence-electron chi connectivity index (χ0n) is 8.74. The van der Waals surface area contributed by atoms with Crippen LogP contribution in [-0.2, 0) is 14.3 Å². The molecular weight excluding hydrogens is 184 g/mol. The van der Waals surface area contributed by atoms with Crippen molar-refractivity contribution in [2.45, 2.75) is 27.2 Å². The predicted octanol–water partition coefficient (Wildman–Crippen LogP) is 1.30. The Labute approximate surface area is 83.2 Å². The number of rotatable bonds is 4. The van der Waals surface area contributed by atoms with E-state index in [4.69, 9.17) is 9.84 Å². The Morgan fingerprint density at radius 1 is 1.36 bits per heavy atom. The quantitative estimate of drug-likeness (QED) is 0.695. The number of carboxylic acid groups (broad SMARTS) is 1. The lowest BCUT2D eigenvalue weighted by atomic mass is 10.1. The molecule has 1 saturated carbocycles. The van der Waals surface area contributed by atoms with Crippen molar-refractivity contribution < 1.29 is 19.4 Å². The zero-order valence-corrected chi connectivity index (χ0v) is 8.74. The van der Waals surface area contributed by atoms with E-state index in [9.17, 15) is 9.59 Å². The van der Waals surface area contributed by atoms with Crippen molar-refractivity contribution in [2.24, 2.45) is 17.3 Å². The van der Waals surface area contributed by atoms with Crippen LogP contribution in [0, 0.1) is 17.3 Å². The fraction of sp³-hybridized carbons (Fsp3) is 0.800. The minimum absolute atomic E-state index is 0.00611. The first-order valence-corrected chi connectivity index (χ1v) is 4.71. The standard InChI is InChI=1S/C10H16O4/c1-6(11)14-5-8-7(4-9(12)13)10(8,2)3/h7-8H,4-5H2,1-3H3,(H,12,13). The molecular formula is C10H16O4. The highest BCUT2D eigenvalue weighted by Crippen LogP contribution is 2.59. The summed E-state index contributed by atoms with van der Waals surface area (Å²) in [6, 6.07) is 0. The topological polar surface area (TPSA) is 63.6 Å². The molecule has 0 aliphatic heterocycles. The van der Waals surface area contributed by atoms with Gasteiger partial charge in [-0.25, -0.2) is 0 Å². The van der Waals surface area contributed by atoms with Crippen molar-refractivity contribution in [1.82, 2.24) is 0 Å². The highest BCUT2D eigenvalue weighted by molar-refractivity contribution is 5.68. The van der Waals surface area contributed by atoms with E-state index in [2.05, 4.69) is 0 Å². The third-order valence-corrected chi connectivity index (χ3v) is 3.15. The number of carboxylic acids is 1. The summed E-state index contributed by atoms with van der Waals surface area (Å²) in [6.07, 6.45) is 0.166. The lowest BCUT2D eigenvalue weighted by molar-refractivity contribution is -0.141. The first kappa shape index (κ1) is 11.0. The highest BCUT2D eigenvalue weighted by atomic mass is 16.5. The molecule has 4 nitrogen and oxygen atoms in total. The molecule has 0 spiro atoms. The number of carbonyl (C=O) groups is 2. The van der Waals surface area contributed by atoms with Crippen molar-refractivity contribution >= 4 is 11.9 Å². The van der Waals surface area contributed by atoms with Crippen molar-refractivity contribution in [3.8, 4) is 0 Å². The smallest absolute Gasteiger partial charge is 0.303 e.